The number of primary amides is 1. The second kappa shape index (κ2) is 8.13. The zero-order valence-electron chi connectivity index (χ0n) is 15.7. The predicted molar refractivity (Wildman–Crippen MR) is 107 cm³/mol. The fraction of sp³-hybridized carbons (Fsp3) is 0.435. The molecule has 0 aliphatic carbocycles. The highest BCUT2D eigenvalue weighted by atomic mass is 16.5. The molecule has 2 fully saturated rings. The highest BCUT2D eigenvalue weighted by molar-refractivity contribution is 5.93. The Kier molecular flexibility index (Phi) is 5.44. The molecule has 2 saturated heterocycles. The van der Waals surface area contributed by atoms with E-state index >= 15 is 0 Å². The molecule has 2 aliphatic heterocycles. The lowest BCUT2D eigenvalue weighted by Crippen LogP contribution is -2.46. The van der Waals surface area contributed by atoms with Crippen LogP contribution in [0.3, 0.4) is 0 Å². The normalized spacial score (nSPS) is 24.7. The number of piperidine rings is 1. The lowest BCUT2D eigenvalue weighted by Gasteiger charge is -2.39. The van der Waals surface area contributed by atoms with Crippen LogP contribution < -0.4 is 10.5 Å². The number of nitrogens with zero attached hydrogens (tertiary/aromatic N) is 1. The van der Waals surface area contributed by atoms with Crippen molar-refractivity contribution in [3.8, 4) is 5.75 Å². The van der Waals surface area contributed by atoms with Gasteiger partial charge in [0.15, 0.2) is 0 Å². The first kappa shape index (κ1) is 18.1. The van der Waals surface area contributed by atoms with Gasteiger partial charge in [-0.25, -0.2) is 0 Å². The van der Waals surface area contributed by atoms with Crippen molar-refractivity contribution >= 4 is 5.91 Å². The minimum Gasteiger partial charge on any atom is -0.490 e. The van der Waals surface area contributed by atoms with Crippen LogP contribution in [0, 0.1) is 0 Å². The molecule has 0 radical (unpaired) electrons. The van der Waals surface area contributed by atoms with Crippen molar-refractivity contribution in [2.24, 2.45) is 5.73 Å². The molecule has 1 unspecified atom stereocenters. The van der Waals surface area contributed by atoms with E-state index in [2.05, 4.69) is 35.2 Å². The lowest BCUT2D eigenvalue weighted by atomic mass is 9.98. The van der Waals surface area contributed by atoms with E-state index in [-0.39, 0.29) is 6.10 Å². The molecular weight excluding hydrogens is 336 g/mol. The number of hydrogen-bond acceptors (Lipinski definition) is 3. The molecule has 0 aromatic heterocycles. The van der Waals surface area contributed by atoms with E-state index in [0.29, 0.717) is 17.6 Å². The molecule has 2 aromatic rings. The number of carbonyl (C=O) groups is 1. The van der Waals surface area contributed by atoms with E-state index in [1.807, 2.05) is 12.1 Å². The zero-order chi connectivity index (χ0) is 18.6. The van der Waals surface area contributed by atoms with Crippen LogP contribution in [-0.4, -0.2) is 35.5 Å². The molecule has 1 amide bonds. The van der Waals surface area contributed by atoms with Crippen LogP contribution in [0.2, 0.25) is 0 Å². The summed E-state index contributed by atoms with van der Waals surface area (Å²) < 4.78 is 6.21. The van der Waals surface area contributed by atoms with Gasteiger partial charge in [-0.3, -0.25) is 9.69 Å². The van der Waals surface area contributed by atoms with Crippen LogP contribution in [0.1, 0.15) is 48.0 Å². The maximum absolute atomic E-state index is 11.4. The molecule has 4 heteroatoms. The number of ether oxygens (including phenoxy) is 1. The average molecular weight is 364 g/mol. The van der Waals surface area contributed by atoms with Crippen LogP contribution in [0.5, 0.6) is 5.75 Å². The number of benzene rings is 2. The van der Waals surface area contributed by atoms with Crippen LogP contribution in [0.25, 0.3) is 0 Å². The Labute approximate surface area is 161 Å². The molecule has 2 aromatic carbocycles. The lowest BCUT2D eigenvalue weighted by molar-refractivity contribution is 0.0488. The summed E-state index contributed by atoms with van der Waals surface area (Å²) in [5.41, 5.74) is 7.31. The van der Waals surface area contributed by atoms with E-state index in [1.54, 1.807) is 12.1 Å². The third kappa shape index (κ3) is 4.33. The molecule has 2 heterocycles. The van der Waals surface area contributed by atoms with Gasteiger partial charge in [0.2, 0.25) is 5.91 Å². The van der Waals surface area contributed by atoms with Crippen LogP contribution in [0.15, 0.2) is 54.6 Å². The van der Waals surface area contributed by atoms with Crippen molar-refractivity contribution in [1.82, 2.24) is 4.90 Å². The van der Waals surface area contributed by atoms with Gasteiger partial charge in [-0.15, -0.1) is 0 Å². The molecular formula is C23H28N2O2. The smallest absolute Gasteiger partial charge is 0.248 e. The average Bonchev–Trinajstić information content (AvgIpc) is 2.92. The molecule has 2 bridgehead atoms. The summed E-state index contributed by atoms with van der Waals surface area (Å²) in [5.74, 6) is 0.349. The van der Waals surface area contributed by atoms with Crippen LogP contribution >= 0.6 is 0 Å². The number of amides is 1. The van der Waals surface area contributed by atoms with Crippen molar-refractivity contribution in [2.75, 3.05) is 6.54 Å². The first-order valence-corrected chi connectivity index (χ1v) is 10.1. The maximum atomic E-state index is 11.4. The minimum absolute atomic E-state index is 0.232. The fourth-order valence-corrected chi connectivity index (χ4v) is 4.71. The van der Waals surface area contributed by atoms with Gasteiger partial charge in [-0.05, 0) is 68.8 Å². The van der Waals surface area contributed by atoms with Crippen molar-refractivity contribution in [2.45, 2.75) is 56.7 Å². The number of nitrogens with two attached hydrogens (primary N) is 1. The van der Waals surface area contributed by atoms with Gasteiger partial charge in [0.1, 0.15) is 11.9 Å². The molecule has 2 aliphatic rings. The summed E-state index contributed by atoms with van der Waals surface area (Å²) in [6.07, 6.45) is 7.29. The number of hydrogen-bond donors (Lipinski definition) is 1. The standard InChI is InChI=1S/C23H28N2O2/c24-23(26)18-9-4-10-21(14-18)27-22-15-19-11-12-20(16-22)25(19)13-5-8-17-6-2-1-3-7-17/h1-4,6-7,9-10,14,19-20,22H,5,8,11-13,15-16H2,(H2,24,26)/t19-,20+,22?. The van der Waals surface area contributed by atoms with Gasteiger partial charge in [0.05, 0.1) is 0 Å². The molecule has 2 N–H and O–H groups in total. The van der Waals surface area contributed by atoms with Crippen molar-refractivity contribution in [3.05, 3.63) is 65.7 Å². The van der Waals surface area contributed by atoms with Gasteiger partial charge >= 0.3 is 0 Å². The van der Waals surface area contributed by atoms with E-state index < -0.39 is 5.91 Å². The fourth-order valence-electron chi connectivity index (χ4n) is 4.71. The molecule has 4 rings (SSSR count). The van der Waals surface area contributed by atoms with E-state index in [9.17, 15) is 4.79 Å². The first-order chi connectivity index (χ1) is 13.2. The van der Waals surface area contributed by atoms with E-state index in [1.165, 1.54) is 31.4 Å². The van der Waals surface area contributed by atoms with Gasteiger partial charge in [0, 0.05) is 17.6 Å². The summed E-state index contributed by atoms with van der Waals surface area (Å²) in [5, 5.41) is 0. The Morgan fingerprint density at radius 1 is 1.04 bits per heavy atom. The number of rotatable bonds is 7. The number of carbonyl (C=O) groups excluding carboxylic acids is 1. The predicted octanol–water partition coefficient (Wildman–Crippen LogP) is 3.79. The molecule has 142 valence electrons. The molecule has 3 atom stereocenters. The van der Waals surface area contributed by atoms with E-state index in [4.69, 9.17) is 10.5 Å². The topological polar surface area (TPSA) is 55.6 Å². The zero-order valence-corrected chi connectivity index (χ0v) is 15.7. The second-order valence-corrected chi connectivity index (χ2v) is 7.82. The summed E-state index contributed by atoms with van der Waals surface area (Å²) in [7, 11) is 0. The highest BCUT2D eigenvalue weighted by Gasteiger charge is 2.41. The first-order valence-electron chi connectivity index (χ1n) is 10.1. The Hall–Kier alpha value is -2.33. The Morgan fingerprint density at radius 2 is 1.78 bits per heavy atom. The van der Waals surface area contributed by atoms with Crippen LogP contribution in [0.4, 0.5) is 0 Å². The molecule has 4 nitrogen and oxygen atoms in total. The summed E-state index contributed by atoms with van der Waals surface area (Å²) in [4.78, 5) is 14.1. The Morgan fingerprint density at radius 3 is 2.48 bits per heavy atom. The highest BCUT2D eigenvalue weighted by Crippen LogP contribution is 2.37. The summed E-state index contributed by atoms with van der Waals surface area (Å²) >= 11 is 0. The Bertz CT molecular complexity index is 763. The van der Waals surface area contributed by atoms with E-state index in [0.717, 1.165) is 25.0 Å². The Balaban J connectivity index is 1.31. The van der Waals surface area contributed by atoms with Gasteiger partial charge < -0.3 is 10.5 Å². The quantitative estimate of drug-likeness (QED) is 0.813. The third-order valence-electron chi connectivity index (χ3n) is 5.99. The molecule has 27 heavy (non-hydrogen) atoms. The summed E-state index contributed by atoms with van der Waals surface area (Å²) in [6, 6.07) is 19.3. The minimum atomic E-state index is -0.409. The number of fused-ring (bicyclic) bond motifs is 2. The van der Waals surface area contributed by atoms with Crippen LogP contribution in [-0.2, 0) is 6.42 Å². The third-order valence-corrected chi connectivity index (χ3v) is 5.99. The second-order valence-electron chi connectivity index (χ2n) is 7.82. The van der Waals surface area contributed by atoms with Crippen molar-refractivity contribution < 1.29 is 9.53 Å². The molecule has 0 spiro atoms. The SMILES string of the molecule is NC(=O)c1cccc(OC2C[C@H]3CC[C@@H](C2)N3CCCc2ccccc2)c1. The van der Waals surface area contributed by atoms with Gasteiger partial charge in [0.25, 0.3) is 0 Å². The van der Waals surface area contributed by atoms with Gasteiger partial charge in [-0.2, -0.15) is 0 Å². The summed E-state index contributed by atoms with van der Waals surface area (Å²) in [6.45, 7) is 1.17. The largest absolute Gasteiger partial charge is 0.490 e. The monoisotopic (exact) mass is 364 g/mol. The van der Waals surface area contributed by atoms with Crippen molar-refractivity contribution in [3.63, 3.8) is 0 Å². The van der Waals surface area contributed by atoms with Gasteiger partial charge in [-0.1, -0.05) is 36.4 Å². The number of aryl methyl sites for hydroxylation is 1. The maximum Gasteiger partial charge on any atom is 0.248 e. The molecule has 0 saturated carbocycles. The van der Waals surface area contributed by atoms with Crippen molar-refractivity contribution in [1.29, 1.82) is 0 Å².